The van der Waals surface area contributed by atoms with Crippen LogP contribution in [0.2, 0.25) is 0 Å². The molecule has 2 aliphatic heterocycles. The number of nitrogens with one attached hydrogen (secondary N) is 1. The number of methoxy groups -OCH3 is 1. The van der Waals surface area contributed by atoms with Crippen LogP contribution in [0.3, 0.4) is 0 Å². The molecule has 5 rings (SSSR count). The number of amides is 2. The van der Waals surface area contributed by atoms with Crippen LogP contribution in [0, 0.1) is 18.8 Å². The number of ether oxygens (including phenoxy) is 1. The molecule has 2 fully saturated rings. The Morgan fingerprint density at radius 1 is 1.08 bits per heavy atom. The average molecular weight is 505 g/mol. The van der Waals surface area contributed by atoms with Gasteiger partial charge in [-0.2, -0.15) is 4.98 Å². The van der Waals surface area contributed by atoms with Gasteiger partial charge in [0, 0.05) is 50.4 Å². The highest BCUT2D eigenvalue weighted by molar-refractivity contribution is 5.92. The SMILES string of the molecule is COc1ccc(-c2noc(N3CCC(C(=O)NCC4CCN(C(=O)c5ccc(C)cn5)C4)CC3)n2)cc1. The summed E-state index contributed by atoms with van der Waals surface area (Å²) in [6.45, 7) is 5.22. The van der Waals surface area contributed by atoms with Crippen LogP contribution in [0.1, 0.15) is 35.3 Å². The van der Waals surface area contributed by atoms with Crippen molar-refractivity contribution in [2.45, 2.75) is 26.2 Å². The average Bonchev–Trinajstić information content (AvgIpc) is 3.62. The van der Waals surface area contributed by atoms with E-state index in [0.29, 0.717) is 50.3 Å². The summed E-state index contributed by atoms with van der Waals surface area (Å²) in [5, 5.41) is 7.22. The molecule has 194 valence electrons. The topological polar surface area (TPSA) is 114 Å². The Labute approximate surface area is 216 Å². The maximum Gasteiger partial charge on any atom is 0.324 e. The van der Waals surface area contributed by atoms with Gasteiger partial charge in [-0.3, -0.25) is 14.6 Å². The number of hydrogen-bond donors (Lipinski definition) is 1. The molecule has 2 saturated heterocycles. The second kappa shape index (κ2) is 11.0. The van der Waals surface area contributed by atoms with Gasteiger partial charge in [0.2, 0.25) is 11.7 Å². The molecular weight excluding hydrogens is 472 g/mol. The predicted molar refractivity (Wildman–Crippen MR) is 137 cm³/mol. The quantitative estimate of drug-likeness (QED) is 0.523. The second-order valence-electron chi connectivity index (χ2n) is 9.76. The molecule has 1 unspecified atom stereocenters. The van der Waals surface area contributed by atoms with Gasteiger partial charge in [-0.1, -0.05) is 11.2 Å². The summed E-state index contributed by atoms with van der Waals surface area (Å²) in [4.78, 5) is 38.2. The third-order valence-corrected chi connectivity index (χ3v) is 7.17. The number of likely N-dealkylation sites (tertiary alicyclic amines) is 1. The highest BCUT2D eigenvalue weighted by Crippen LogP contribution is 2.26. The highest BCUT2D eigenvalue weighted by atomic mass is 16.5. The van der Waals surface area contributed by atoms with E-state index in [1.807, 2.05) is 47.1 Å². The van der Waals surface area contributed by atoms with Gasteiger partial charge in [-0.05, 0) is 68.0 Å². The van der Waals surface area contributed by atoms with Crippen LogP contribution in [0.15, 0.2) is 47.1 Å². The zero-order valence-electron chi connectivity index (χ0n) is 21.2. The molecule has 3 aromatic rings. The first-order valence-electron chi connectivity index (χ1n) is 12.7. The molecule has 10 heteroatoms. The summed E-state index contributed by atoms with van der Waals surface area (Å²) in [5.41, 5.74) is 2.35. The lowest BCUT2D eigenvalue weighted by Crippen LogP contribution is -2.42. The van der Waals surface area contributed by atoms with Crippen LogP contribution in [-0.4, -0.2) is 71.7 Å². The molecule has 10 nitrogen and oxygen atoms in total. The van der Waals surface area contributed by atoms with Crippen molar-refractivity contribution in [1.82, 2.24) is 25.3 Å². The lowest BCUT2D eigenvalue weighted by Gasteiger charge is -2.30. The van der Waals surface area contributed by atoms with E-state index in [9.17, 15) is 9.59 Å². The standard InChI is InChI=1S/C27H32N6O4/c1-18-3-8-23(28-15-18)26(35)33-12-9-19(17-33)16-29-25(34)21-10-13-32(14-11-21)27-30-24(31-37-27)20-4-6-22(36-2)7-5-20/h3-8,15,19,21H,9-14,16-17H2,1-2H3,(H,29,34). The fourth-order valence-electron chi connectivity index (χ4n) is 4.86. The molecule has 0 spiro atoms. The summed E-state index contributed by atoms with van der Waals surface area (Å²) >= 11 is 0. The number of hydrogen-bond acceptors (Lipinski definition) is 8. The molecule has 0 radical (unpaired) electrons. The minimum absolute atomic E-state index is 0.0441. The number of benzene rings is 1. The third kappa shape index (κ3) is 5.73. The zero-order chi connectivity index (χ0) is 25.8. The first-order valence-corrected chi connectivity index (χ1v) is 12.7. The zero-order valence-corrected chi connectivity index (χ0v) is 21.2. The monoisotopic (exact) mass is 504 g/mol. The molecular formula is C27H32N6O4. The minimum Gasteiger partial charge on any atom is -0.497 e. The maximum atomic E-state index is 12.8. The summed E-state index contributed by atoms with van der Waals surface area (Å²) in [6.07, 6.45) is 4.04. The third-order valence-electron chi connectivity index (χ3n) is 7.17. The maximum absolute atomic E-state index is 12.8. The second-order valence-corrected chi connectivity index (χ2v) is 9.76. The van der Waals surface area contributed by atoms with Gasteiger partial charge in [-0.25, -0.2) is 0 Å². The van der Waals surface area contributed by atoms with E-state index >= 15 is 0 Å². The first-order chi connectivity index (χ1) is 18.0. The Hall–Kier alpha value is -3.95. The van der Waals surface area contributed by atoms with Gasteiger partial charge in [0.1, 0.15) is 11.4 Å². The Morgan fingerprint density at radius 3 is 2.57 bits per heavy atom. The Bertz CT molecular complexity index is 1220. The van der Waals surface area contributed by atoms with Crippen LogP contribution in [-0.2, 0) is 4.79 Å². The summed E-state index contributed by atoms with van der Waals surface area (Å²) in [7, 11) is 1.63. The van der Waals surface area contributed by atoms with Crippen LogP contribution in [0.5, 0.6) is 5.75 Å². The number of carbonyl (C=O) groups is 2. The lowest BCUT2D eigenvalue weighted by molar-refractivity contribution is -0.125. The van der Waals surface area contributed by atoms with Crippen LogP contribution < -0.4 is 15.0 Å². The van der Waals surface area contributed by atoms with E-state index in [1.54, 1.807) is 19.4 Å². The van der Waals surface area contributed by atoms with Crippen molar-refractivity contribution in [3.63, 3.8) is 0 Å². The number of carbonyl (C=O) groups excluding carboxylic acids is 2. The molecule has 0 saturated carbocycles. The van der Waals surface area contributed by atoms with Crippen molar-refractivity contribution in [2.24, 2.45) is 11.8 Å². The normalized spacial score (nSPS) is 18.2. The highest BCUT2D eigenvalue weighted by Gasteiger charge is 2.30. The van der Waals surface area contributed by atoms with Crippen molar-refractivity contribution in [3.05, 3.63) is 53.9 Å². The van der Waals surface area contributed by atoms with Gasteiger partial charge in [0.15, 0.2) is 0 Å². The summed E-state index contributed by atoms with van der Waals surface area (Å²) < 4.78 is 10.7. The molecule has 2 aromatic heterocycles. The Morgan fingerprint density at radius 2 is 1.86 bits per heavy atom. The summed E-state index contributed by atoms with van der Waals surface area (Å²) in [6, 6.07) is 11.6. The van der Waals surface area contributed by atoms with E-state index in [4.69, 9.17) is 9.26 Å². The van der Waals surface area contributed by atoms with Crippen LogP contribution in [0.4, 0.5) is 6.01 Å². The van der Waals surface area contributed by atoms with Crippen molar-refractivity contribution in [3.8, 4) is 17.1 Å². The smallest absolute Gasteiger partial charge is 0.324 e. The number of anilines is 1. The molecule has 0 bridgehead atoms. The van der Waals surface area contributed by atoms with Gasteiger partial charge in [0.05, 0.1) is 7.11 Å². The van der Waals surface area contributed by atoms with E-state index in [-0.39, 0.29) is 23.7 Å². The largest absolute Gasteiger partial charge is 0.497 e. The molecule has 2 amide bonds. The van der Waals surface area contributed by atoms with E-state index in [1.165, 1.54) is 0 Å². The van der Waals surface area contributed by atoms with Crippen molar-refractivity contribution in [1.29, 1.82) is 0 Å². The number of rotatable bonds is 7. The molecule has 4 heterocycles. The number of aromatic nitrogens is 3. The predicted octanol–water partition coefficient (Wildman–Crippen LogP) is 2.94. The molecule has 1 atom stereocenters. The van der Waals surface area contributed by atoms with Crippen molar-refractivity contribution in [2.75, 3.05) is 44.7 Å². The van der Waals surface area contributed by atoms with E-state index in [0.717, 1.165) is 36.1 Å². The fourth-order valence-corrected chi connectivity index (χ4v) is 4.86. The van der Waals surface area contributed by atoms with Gasteiger partial charge in [-0.15, -0.1) is 0 Å². The Balaban J connectivity index is 1.06. The number of pyridine rings is 1. The number of piperidine rings is 1. The molecule has 37 heavy (non-hydrogen) atoms. The van der Waals surface area contributed by atoms with Crippen LogP contribution >= 0.6 is 0 Å². The number of nitrogens with zero attached hydrogens (tertiary/aromatic N) is 5. The van der Waals surface area contributed by atoms with Crippen molar-refractivity contribution < 1.29 is 18.8 Å². The van der Waals surface area contributed by atoms with Gasteiger partial charge >= 0.3 is 6.01 Å². The molecule has 2 aliphatic rings. The number of aryl methyl sites for hydroxylation is 1. The molecule has 0 aliphatic carbocycles. The lowest BCUT2D eigenvalue weighted by atomic mass is 9.96. The fraction of sp³-hybridized carbons (Fsp3) is 0.444. The van der Waals surface area contributed by atoms with Gasteiger partial charge < -0.3 is 24.4 Å². The Kier molecular flexibility index (Phi) is 7.34. The molecule has 1 aromatic carbocycles. The van der Waals surface area contributed by atoms with Crippen LogP contribution in [0.25, 0.3) is 11.4 Å². The van der Waals surface area contributed by atoms with E-state index in [2.05, 4.69) is 20.4 Å². The minimum atomic E-state index is -0.0453. The van der Waals surface area contributed by atoms with E-state index < -0.39 is 0 Å². The van der Waals surface area contributed by atoms with Crippen molar-refractivity contribution >= 4 is 17.8 Å². The van der Waals surface area contributed by atoms with Gasteiger partial charge in [0.25, 0.3) is 5.91 Å². The first kappa shape index (κ1) is 24.7. The molecule has 1 N–H and O–H groups in total. The summed E-state index contributed by atoms with van der Waals surface area (Å²) in [5.74, 6) is 1.54.